The number of alkyl halides is 3. The number of nitriles is 1. The number of hydrogen-bond acceptors (Lipinski definition) is 7. The van der Waals surface area contributed by atoms with E-state index in [1.165, 1.54) is 35.3 Å². The summed E-state index contributed by atoms with van der Waals surface area (Å²) in [5, 5.41) is 9.88. The molecule has 1 aliphatic heterocycles. The van der Waals surface area contributed by atoms with Crippen LogP contribution in [0.5, 0.6) is 5.75 Å². The highest BCUT2D eigenvalue weighted by molar-refractivity contribution is 5.79. The van der Waals surface area contributed by atoms with Crippen LogP contribution in [0.25, 0.3) is 16.9 Å². The van der Waals surface area contributed by atoms with Crippen molar-refractivity contribution in [3.63, 3.8) is 0 Å². The van der Waals surface area contributed by atoms with Gasteiger partial charge in [0.05, 0.1) is 6.10 Å². The maximum absolute atomic E-state index is 13.1. The Kier molecular flexibility index (Phi) is 6.11. The first-order chi connectivity index (χ1) is 15.8. The lowest BCUT2D eigenvalue weighted by Gasteiger charge is -2.33. The smallest absolute Gasteiger partial charge is 0.406 e. The van der Waals surface area contributed by atoms with Gasteiger partial charge in [0, 0.05) is 49.9 Å². The predicted molar refractivity (Wildman–Crippen MR) is 115 cm³/mol. The molecule has 3 aromatic rings. The van der Waals surface area contributed by atoms with Crippen LogP contribution in [0.4, 0.5) is 24.7 Å². The number of rotatable bonds is 5. The molecular weight excluding hydrogens is 437 g/mol. The number of halogens is 3. The third-order valence-corrected chi connectivity index (χ3v) is 5.46. The van der Waals surface area contributed by atoms with Gasteiger partial charge in [0.25, 0.3) is 0 Å². The Labute approximate surface area is 188 Å². The fourth-order valence-electron chi connectivity index (χ4n) is 3.92. The topological polar surface area (TPSA) is 102 Å². The third kappa shape index (κ3) is 5.01. The van der Waals surface area contributed by atoms with Crippen molar-refractivity contribution < 1.29 is 22.6 Å². The minimum absolute atomic E-state index is 0.109. The average molecular weight is 458 g/mol. The van der Waals surface area contributed by atoms with Crippen LogP contribution in [0.2, 0.25) is 0 Å². The Hall–Kier alpha value is -3.78. The van der Waals surface area contributed by atoms with Gasteiger partial charge >= 0.3 is 6.36 Å². The molecule has 33 heavy (non-hydrogen) atoms. The van der Waals surface area contributed by atoms with Crippen LogP contribution in [0, 0.1) is 11.3 Å². The molecule has 0 atom stereocenters. The number of anilines is 2. The van der Waals surface area contributed by atoms with E-state index >= 15 is 0 Å². The molecule has 0 amide bonds. The summed E-state index contributed by atoms with van der Waals surface area (Å²) in [6, 6.07) is 7.88. The molecule has 0 bridgehead atoms. The standard InChI is InChI=1S/C22H21F3N6O2/c1-32-16-2-5-30(6-3-16)15-8-14(9-17(10-15)33-22(23,24)25)18-11-20(27)29-21(19(18)12-26)31-7-4-28-13-31/h4,7-11,13,16H,2-3,5-6H2,1H3,(H2,27,29). The van der Waals surface area contributed by atoms with Gasteiger partial charge in [-0.25, -0.2) is 9.97 Å². The molecule has 172 valence electrons. The zero-order valence-electron chi connectivity index (χ0n) is 17.7. The lowest BCUT2D eigenvalue weighted by molar-refractivity contribution is -0.274. The number of benzene rings is 1. The quantitative estimate of drug-likeness (QED) is 0.619. The number of hydrogen-bond donors (Lipinski definition) is 1. The van der Waals surface area contributed by atoms with Gasteiger partial charge in [-0.05, 0) is 36.6 Å². The van der Waals surface area contributed by atoms with Gasteiger partial charge in [-0.1, -0.05) is 0 Å². The maximum atomic E-state index is 13.1. The van der Waals surface area contributed by atoms with Crippen LogP contribution in [-0.2, 0) is 4.74 Å². The summed E-state index contributed by atoms with van der Waals surface area (Å²) in [5.74, 6) is -0.0424. The number of piperidine rings is 1. The lowest BCUT2D eigenvalue weighted by atomic mass is 9.99. The Morgan fingerprint density at radius 2 is 1.94 bits per heavy atom. The SMILES string of the molecule is COC1CCN(c2cc(OC(F)(F)F)cc(-c3cc(N)nc(-n4ccnc4)c3C#N)c2)CC1. The highest BCUT2D eigenvalue weighted by atomic mass is 19.4. The molecule has 3 heterocycles. The second kappa shape index (κ2) is 8.99. The lowest BCUT2D eigenvalue weighted by Crippen LogP contribution is -2.36. The molecule has 1 aliphatic rings. The van der Waals surface area contributed by atoms with Gasteiger partial charge in [-0.3, -0.25) is 4.57 Å². The van der Waals surface area contributed by atoms with Crippen molar-refractivity contribution in [3.05, 3.63) is 48.5 Å². The molecule has 0 unspecified atom stereocenters. The Bertz CT molecular complexity index is 1170. The van der Waals surface area contributed by atoms with Gasteiger partial charge in [-0.2, -0.15) is 5.26 Å². The van der Waals surface area contributed by atoms with Crippen LogP contribution >= 0.6 is 0 Å². The van der Waals surface area contributed by atoms with Crippen molar-refractivity contribution >= 4 is 11.5 Å². The van der Waals surface area contributed by atoms with Crippen molar-refractivity contribution in [2.24, 2.45) is 0 Å². The van der Waals surface area contributed by atoms with Crippen molar-refractivity contribution in [2.45, 2.75) is 25.3 Å². The van der Waals surface area contributed by atoms with Crippen LogP contribution in [0.15, 0.2) is 43.0 Å². The summed E-state index contributed by atoms with van der Waals surface area (Å²) in [7, 11) is 1.64. The normalized spacial score (nSPS) is 14.8. The van der Waals surface area contributed by atoms with Crippen LogP contribution < -0.4 is 15.4 Å². The fourth-order valence-corrected chi connectivity index (χ4v) is 3.92. The van der Waals surface area contributed by atoms with Gasteiger partial charge in [0.2, 0.25) is 0 Å². The summed E-state index contributed by atoms with van der Waals surface area (Å²) in [6.45, 7) is 1.22. The van der Waals surface area contributed by atoms with Crippen LogP contribution in [0.3, 0.4) is 0 Å². The number of ether oxygens (including phenoxy) is 2. The van der Waals surface area contributed by atoms with E-state index in [1.807, 2.05) is 4.90 Å². The number of nitrogen functional groups attached to an aromatic ring is 1. The van der Waals surface area contributed by atoms with Crippen molar-refractivity contribution in [1.29, 1.82) is 5.26 Å². The van der Waals surface area contributed by atoms with E-state index in [0.29, 0.717) is 29.9 Å². The Morgan fingerprint density at radius 3 is 2.55 bits per heavy atom. The first-order valence-electron chi connectivity index (χ1n) is 10.2. The molecule has 2 N–H and O–H groups in total. The third-order valence-electron chi connectivity index (χ3n) is 5.46. The van der Waals surface area contributed by atoms with Crippen molar-refractivity contribution in [1.82, 2.24) is 14.5 Å². The first-order valence-corrected chi connectivity index (χ1v) is 10.2. The van der Waals surface area contributed by atoms with Crippen molar-refractivity contribution in [3.8, 4) is 28.8 Å². The average Bonchev–Trinajstić information content (AvgIpc) is 3.32. The molecule has 11 heteroatoms. The Balaban J connectivity index is 1.83. The maximum Gasteiger partial charge on any atom is 0.573 e. The molecular formula is C22H21F3N6O2. The molecule has 1 fully saturated rings. The molecule has 4 rings (SSSR count). The number of methoxy groups -OCH3 is 1. The summed E-state index contributed by atoms with van der Waals surface area (Å²) >= 11 is 0. The Morgan fingerprint density at radius 1 is 1.18 bits per heavy atom. The second-order valence-corrected chi connectivity index (χ2v) is 7.56. The van der Waals surface area contributed by atoms with E-state index in [2.05, 4.69) is 20.8 Å². The minimum Gasteiger partial charge on any atom is -0.406 e. The summed E-state index contributed by atoms with van der Waals surface area (Å²) in [5.41, 5.74) is 7.38. The zero-order chi connectivity index (χ0) is 23.6. The van der Waals surface area contributed by atoms with Crippen LogP contribution in [-0.4, -0.2) is 47.2 Å². The second-order valence-electron chi connectivity index (χ2n) is 7.56. The van der Waals surface area contributed by atoms with E-state index < -0.39 is 6.36 Å². The molecule has 0 radical (unpaired) electrons. The fraction of sp³-hybridized carbons (Fsp3) is 0.318. The van der Waals surface area contributed by atoms with E-state index in [1.54, 1.807) is 19.4 Å². The monoisotopic (exact) mass is 458 g/mol. The summed E-state index contributed by atoms with van der Waals surface area (Å²) in [4.78, 5) is 10.2. The van der Waals surface area contributed by atoms with E-state index in [4.69, 9.17) is 10.5 Å². The van der Waals surface area contributed by atoms with E-state index in [0.717, 1.165) is 12.8 Å². The minimum atomic E-state index is -4.86. The molecule has 1 aromatic carbocycles. The molecule has 2 aromatic heterocycles. The largest absolute Gasteiger partial charge is 0.573 e. The van der Waals surface area contributed by atoms with E-state index in [9.17, 15) is 18.4 Å². The highest BCUT2D eigenvalue weighted by Gasteiger charge is 2.32. The van der Waals surface area contributed by atoms with Gasteiger partial charge in [0.15, 0.2) is 5.82 Å². The number of nitrogens with zero attached hydrogens (tertiary/aromatic N) is 5. The van der Waals surface area contributed by atoms with Gasteiger partial charge in [0.1, 0.15) is 29.5 Å². The summed E-state index contributed by atoms with van der Waals surface area (Å²) in [6.07, 6.45) is 1.31. The number of aromatic nitrogens is 3. The molecule has 0 saturated carbocycles. The molecule has 1 saturated heterocycles. The van der Waals surface area contributed by atoms with Gasteiger partial charge in [-0.15, -0.1) is 13.2 Å². The molecule has 0 spiro atoms. The van der Waals surface area contributed by atoms with Crippen LogP contribution in [0.1, 0.15) is 18.4 Å². The molecule has 8 nitrogen and oxygen atoms in total. The van der Waals surface area contributed by atoms with E-state index in [-0.39, 0.29) is 29.1 Å². The number of nitrogens with two attached hydrogens (primary N) is 1. The van der Waals surface area contributed by atoms with Gasteiger partial charge < -0.3 is 20.1 Å². The summed E-state index contributed by atoms with van der Waals surface area (Å²) < 4.78 is 50.3. The highest BCUT2D eigenvalue weighted by Crippen LogP contribution is 2.37. The first kappa shape index (κ1) is 22.4. The number of pyridine rings is 1. The van der Waals surface area contributed by atoms with Crippen molar-refractivity contribution in [2.75, 3.05) is 30.8 Å². The predicted octanol–water partition coefficient (Wildman–Crippen LogP) is 3.90. The number of imidazole rings is 1. The zero-order valence-corrected chi connectivity index (χ0v) is 17.7. The molecule has 0 aliphatic carbocycles.